The summed E-state index contributed by atoms with van der Waals surface area (Å²) in [5.74, 6) is 1.39. The number of amides is 1. The summed E-state index contributed by atoms with van der Waals surface area (Å²) in [6.45, 7) is 6.46. The zero-order valence-electron chi connectivity index (χ0n) is 13.2. The van der Waals surface area contributed by atoms with E-state index in [0.29, 0.717) is 18.9 Å². The first kappa shape index (κ1) is 16.0. The molecule has 5 heteroatoms. The van der Waals surface area contributed by atoms with E-state index >= 15 is 0 Å². The van der Waals surface area contributed by atoms with Crippen LogP contribution in [0.3, 0.4) is 0 Å². The molecule has 0 unspecified atom stereocenters. The normalized spacial score (nSPS) is 23.8. The highest BCUT2D eigenvalue weighted by Crippen LogP contribution is 2.26. The standard InChI is InChI=1S/C16H26N2O3/c1-4-15(20-14-7-5-6-11(2)8-14)16(19)17-10-13-9-12(3)21-18-13/h9,11,14-15H,4-8,10H2,1-3H3,(H,17,19)/t11-,14+,15-/m0/s1. The van der Waals surface area contributed by atoms with Gasteiger partial charge in [-0.05, 0) is 32.1 Å². The molecule has 1 amide bonds. The molecule has 0 bridgehead atoms. The van der Waals surface area contributed by atoms with Crippen LogP contribution >= 0.6 is 0 Å². The fourth-order valence-electron chi connectivity index (χ4n) is 2.87. The molecule has 3 atom stereocenters. The van der Waals surface area contributed by atoms with Crippen LogP contribution in [0, 0.1) is 12.8 Å². The van der Waals surface area contributed by atoms with E-state index in [9.17, 15) is 4.79 Å². The van der Waals surface area contributed by atoms with Crippen LogP contribution in [-0.2, 0) is 16.1 Å². The van der Waals surface area contributed by atoms with E-state index in [0.717, 1.165) is 24.3 Å². The second kappa shape index (κ2) is 7.59. The molecule has 1 aromatic rings. The van der Waals surface area contributed by atoms with Gasteiger partial charge in [-0.1, -0.05) is 31.8 Å². The summed E-state index contributed by atoms with van der Waals surface area (Å²) >= 11 is 0. The van der Waals surface area contributed by atoms with Crippen molar-refractivity contribution in [1.29, 1.82) is 0 Å². The third-order valence-corrected chi connectivity index (χ3v) is 4.03. The Hall–Kier alpha value is -1.36. The number of hydrogen-bond acceptors (Lipinski definition) is 4. The summed E-state index contributed by atoms with van der Waals surface area (Å²) in [6.07, 6.45) is 5.14. The second-order valence-corrected chi connectivity index (χ2v) is 6.07. The summed E-state index contributed by atoms with van der Waals surface area (Å²) in [7, 11) is 0. The van der Waals surface area contributed by atoms with E-state index in [4.69, 9.17) is 9.26 Å². The molecule has 0 radical (unpaired) electrons. The molecule has 0 aliphatic heterocycles. The lowest BCUT2D eigenvalue weighted by atomic mass is 9.88. The number of nitrogens with one attached hydrogen (secondary N) is 1. The lowest BCUT2D eigenvalue weighted by Crippen LogP contribution is -2.39. The van der Waals surface area contributed by atoms with E-state index in [1.54, 1.807) is 0 Å². The molecule has 1 saturated carbocycles. The molecule has 2 rings (SSSR count). The van der Waals surface area contributed by atoms with Crippen LogP contribution in [0.2, 0.25) is 0 Å². The largest absolute Gasteiger partial charge is 0.365 e. The first-order valence-corrected chi connectivity index (χ1v) is 7.93. The molecule has 1 aromatic heterocycles. The quantitative estimate of drug-likeness (QED) is 0.876. The van der Waals surface area contributed by atoms with E-state index in [1.165, 1.54) is 12.8 Å². The SMILES string of the molecule is CC[C@H](O[C@@H]1CCC[C@H](C)C1)C(=O)NCc1cc(C)on1. The molecule has 1 heterocycles. The second-order valence-electron chi connectivity index (χ2n) is 6.07. The Bertz CT molecular complexity index is 458. The molecule has 1 N–H and O–H groups in total. The number of nitrogens with zero attached hydrogens (tertiary/aromatic N) is 1. The number of carbonyl (C=O) groups excluding carboxylic acids is 1. The minimum atomic E-state index is -0.367. The van der Waals surface area contributed by atoms with Gasteiger partial charge in [0.05, 0.1) is 12.6 Å². The number of hydrogen-bond donors (Lipinski definition) is 1. The molecule has 1 fully saturated rings. The van der Waals surface area contributed by atoms with Crippen molar-refractivity contribution in [2.75, 3.05) is 0 Å². The molecule has 1 aliphatic rings. The van der Waals surface area contributed by atoms with Crippen LogP contribution < -0.4 is 5.32 Å². The van der Waals surface area contributed by atoms with Crippen LogP contribution in [-0.4, -0.2) is 23.3 Å². The van der Waals surface area contributed by atoms with E-state index in [1.807, 2.05) is 19.9 Å². The lowest BCUT2D eigenvalue weighted by Gasteiger charge is -2.29. The van der Waals surface area contributed by atoms with E-state index < -0.39 is 0 Å². The number of aromatic nitrogens is 1. The van der Waals surface area contributed by atoms with Crippen LogP contribution in [0.15, 0.2) is 10.6 Å². The number of rotatable bonds is 6. The van der Waals surface area contributed by atoms with Gasteiger partial charge in [-0.3, -0.25) is 4.79 Å². The van der Waals surface area contributed by atoms with Gasteiger partial charge in [-0.15, -0.1) is 0 Å². The van der Waals surface area contributed by atoms with Crippen LogP contribution in [0.5, 0.6) is 0 Å². The number of aryl methyl sites for hydroxylation is 1. The number of ether oxygens (including phenoxy) is 1. The smallest absolute Gasteiger partial charge is 0.249 e. The maximum Gasteiger partial charge on any atom is 0.249 e. The van der Waals surface area contributed by atoms with Gasteiger partial charge in [0.2, 0.25) is 5.91 Å². The molecule has 0 aromatic carbocycles. The molecule has 0 saturated heterocycles. The van der Waals surface area contributed by atoms with E-state index in [-0.39, 0.29) is 18.1 Å². The highest BCUT2D eigenvalue weighted by molar-refractivity contribution is 5.80. The average molecular weight is 294 g/mol. The minimum Gasteiger partial charge on any atom is -0.365 e. The topological polar surface area (TPSA) is 64.4 Å². The molecule has 0 spiro atoms. The van der Waals surface area contributed by atoms with Crippen LogP contribution in [0.1, 0.15) is 57.4 Å². The fourth-order valence-corrected chi connectivity index (χ4v) is 2.87. The van der Waals surface area contributed by atoms with Crippen molar-refractivity contribution in [1.82, 2.24) is 10.5 Å². The zero-order valence-corrected chi connectivity index (χ0v) is 13.2. The highest BCUT2D eigenvalue weighted by Gasteiger charge is 2.25. The Morgan fingerprint density at radius 1 is 1.57 bits per heavy atom. The van der Waals surface area contributed by atoms with Gasteiger partial charge in [0.1, 0.15) is 17.6 Å². The molecule has 1 aliphatic carbocycles. The van der Waals surface area contributed by atoms with Crippen molar-refractivity contribution in [3.8, 4) is 0 Å². The van der Waals surface area contributed by atoms with Gasteiger partial charge in [0, 0.05) is 6.07 Å². The lowest BCUT2D eigenvalue weighted by molar-refractivity contribution is -0.139. The summed E-state index contributed by atoms with van der Waals surface area (Å²) in [5.41, 5.74) is 0.738. The third kappa shape index (κ3) is 4.84. The predicted octanol–water partition coefficient (Wildman–Crippen LogP) is 2.97. The van der Waals surface area contributed by atoms with Gasteiger partial charge in [-0.25, -0.2) is 0 Å². The summed E-state index contributed by atoms with van der Waals surface area (Å²) in [4.78, 5) is 12.2. The average Bonchev–Trinajstić information content (AvgIpc) is 2.88. The van der Waals surface area contributed by atoms with Crippen LogP contribution in [0.25, 0.3) is 0 Å². The Labute approximate surface area is 126 Å². The Morgan fingerprint density at radius 2 is 2.38 bits per heavy atom. The summed E-state index contributed by atoms with van der Waals surface area (Å²) in [5, 5.41) is 6.75. The maximum atomic E-state index is 12.2. The van der Waals surface area contributed by atoms with Crippen molar-refractivity contribution in [3.05, 3.63) is 17.5 Å². The molecular weight excluding hydrogens is 268 g/mol. The Kier molecular flexibility index (Phi) is 5.79. The summed E-state index contributed by atoms with van der Waals surface area (Å²) < 4.78 is 11.0. The van der Waals surface area contributed by atoms with E-state index in [2.05, 4.69) is 17.4 Å². The minimum absolute atomic E-state index is 0.0589. The Morgan fingerprint density at radius 3 is 3.00 bits per heavy atom. The zero-order chi connectivity index (χ0) is 15.2. The Balaban J connectivity index is 1.80. The molecule has 5 nitrogen and oxygen atoms in total. The third-order valence-electron chi connectivity index (χ3n) is 4.03. The molecule has 21 heavy (non-hydrogen) atoms. The number of carbonyl (C=O) groups is 1. The van der Waals surface area contributed by atoms with Gasteiger partial charge in [-0.2, -0.15) is 0 Å². The van der Waals surface area contributed by atoms with Crippen molar-refractivity contribution >= 4 is 5.91 Å². The van der Waals surface area contributed by atoms with Crippen molar-refractivity contribution < 1.29 is 14.1 Å². The van der Waals surface area contributed by atoms with Gasteiger partial charge < -0.3 is 14.6 Å². The fraction of sp³-hybridized carbons (Fsp3) is 0.750. The van der Waals surface area contributed by atoms with Crippen LogP contribution in [0.4, 0.5) is 0 Å². The first-order chi connectivity index (χ1) is 10.1. The predicted molar refractivity (Wildman–Crippen MR) is 79.7 cm³/mol. The monoisotopic (exact) mass is 294 g/mol. The van der Waals surface area contributed by atoms with Crippen molar-refractivity contribution in [2.45, 2.75) is 71.6 Å². The van der Waals surface area contributed by atoms with Crippen molar-refractivity contribution in [2.24, 2.45) is 5.92 Å². The molecule has 118 valence electrons. The van der Waals surface area contributed by atoms with Crippen molar-refractivity contribution in [3.63, 3.8) is 0 Å². The highest BCUT2D eigenvalue weighted by atomic mass is 16.5. The van der Waals surface area contributed by atoms with Gasteiger partial charge in [0.15, 0.2) is 0 Å². The molecular formula is C16H26N2O3. The van der Waals surface area contributed by atoms with Gasteiger partial charge >= 0.3 is 0 Å². The van der Waals surface area contributed by atoms with Gasteiger partial charge in [0.25, 0.3) is 0 Å². The first-order valence-electron chi connectivity index (χ1n) is 7.93. The summed E-state index contributed by atoms with van der Waals surface area (Å²) in [6, 6.07) is 1.82. The maximum absolute atomic E-state index is 12.2.